The maximum absolute atomic E-state index is 12.7. The summed E-state index contributed by atoms with van der Waals surface area (Å²) in [5, 5.41) is 10.2. The molecule has 3 aromatic heterocycles. The van der Waals surface area contributed by atoms with E-state index in [1.807, 2.05) is 0 Å². The number of aromatic amines is 1. The van der Waals surface area contributed by atoms with Crippen LogP contribution in [-0.2, 0) is 6.18 Å². The first kappa shape index (κ1) is 18.0. The lowest BCUT2D eigenvalue weighted by molar-refractivity contribution is -0.137. The molecule has 1 aromatic carbocycles. The zero-order valence-corrected chi connectivity index (χ0v) is 14.5. The molecule has 4 rings (SSSR count). The molecule has 0 spiro atoms. The Kier molecular flexibility index (Phi) is 4.47. The fourth-order valence-electron chi connectivity index (χ4n) is 2.26. The molecule has 7 nitrogen and oxygen atoms in total. The zero-order valence-electron chi connectivity index (χ0n) is 13.7. The molecule has 0 aliphatic rings. The van der Waals surface area contributed by atoms with E-state index in [-0.39, 0.29) is 16.8 Å². The van der Waals surface area contributed by atoms with Crippen LogP contribution in [0, 0.1) is 0 Å². The van der Waals surface area contributed by atoms with Gasteiger partial charge < -0.3 is 9.26 Å². The van der Waals surface area contributed by atoms with E-state index in [2.05, 4.69) is 25.3 Å². The maximum Gasteiger partial charge on any atom is 0.417 e. The highest BCUT2D eigenvalue weighted by Crippen LogP contribution is 2.35. The molecular weight excluding hydrogens is 399 g/mol. The van der Waals surface area contributed by atoms with Crippen LogP contribution in [0.4, 0.5) is 13.2 Å². The van der Waals surface area contributed by atoms with Crippen LogP contribution in [0.5, 0.6) is 11.6 Å². The topological polar surface area (TPSA) is 89.7 Å². The number of nitrogens with one attached hydrogen (secondary N) is 1. The molecule has 3 heterocycles. The molecular formula is C17H9ClF3N5O2. The Morgan fingerprint density at radius 3 is 2.54 bits per heavy atom. The first-order valence-electron chi connectivity index (χ1n) is 7.74. The number of pyridine rings is 1. The summed E-state index contributed by atoms with van der Waals surface area (Å²) in [6.45, 7) is 0. The molecule has 0 bridgehead atoms. The molecule has 4 aromatic rings. The van der Waals surface area contributed by atoms with Crippen molar-refractivity contribution in [2.45, 2.75) is 6.18 Å². The van der Waals surface area contributed by atoms with Gasteiger partial charge in [0.15, 0.2) is 0 Å². The molecule has 11 heteroatoms. The Labute approximate surface area is 160 Å². The average Bonchev–Trinajstić information content (AvgIpc) is 3.34. The third kappa shape index (κ3) is 3.67. The van der Waals surface area contributed by atoms with E-state index in [4.69, 9.17) is 20.9 Å². The standard InChI is InChI=1S/C17H9ClF3N5O2/c18-12-7-10(17(19,20)21)8-22-15(12)27-11-3-1-9(2-4-11)14-24-16(28-26-14)13-5-6-23-25-13/h1-8H,(H,23,25). The summed E-state index contributed by atoms with van der Waals surface area (Å²) in [5.74, 6) is 0.828. The van der Waals surface area contributed by atoms with Gasteiger partial charge in [-0.15, -0.1) is 0 Å². The lowest BCUT2D eigenvalue weighted by Crippen LogP contribution is -2.05. The number of ether oxygens (including phenoxy) is 1. The largest absolute Gasteiger partial charge is 0.438 e. The summed E-state index contributed by atoms with van der Waals surface area (Å²) in [5.41, 5.74) is 0.278. The molecule has 0 aliphatic heterocycles. The molecule has 0 amide bonds. The molecule has 0 aliphatic carbocycles. The minimum absolute atomic E-state index is 0.136. The first-order chi connectivity index (χ1) is 13.4. The van der Waals surface area contributed by atoms with Crippen molar-refractivity contribution in [3.63, 3.8) is 0 Å². The van der Waals surface area contributed by atoms with Crippen molar-refractivity contribution in [2.75, 3.05) is 0 Å². The van der Waals surface area contributed by atoms with Crippen LogP contribution in [0.2, 0.25) is 5.02 Å². The maximum atomic E-state index is 12.7. The fourth-order valence-corrected chi connectivity index (χ4v) is 2.47. The molecule has 0 radical (unpaired) electrons. The Bertz CT molecular complexity index is 1090. The van der Waals surface area contributed by atoms with Crippen LogP contribution >= 0.6 is 11.6 Å². The second-order valence-electron chi connectivity index (χ2n) is 5.53. The number of rotatable bonds is 4. The molecule has 1 N–H and O–H groups in total. The SMILES string of the molecule is FC(F)(F)c1cnc(Oc2ccc(-c3noc(-c4ccn[nH]4)n3)cc2)c(Cl)c1. The Morgan fingerprint density at radius 2 is 1.89 bits per heavy atom. The predicted molar refractivity (Wildman–Crippen MR) is 91.6 cm³/mol. The fraction of sp³-hybridized carbons (Fsp3) is 0.0588. The summed E-state index contributed by atoms with van der Waals surface area (Å²) < 4.78 is 48.6. The quantitative estimate of drug-likeness (QED) is 0.512. The lowest BCUT2D eigenvalue weighted by atomic mass is 10.2. The Morgan fingerprint density at radius 1 is 1.11 bits per heavy atom. The highest BCUT2D eigenvalue weighted by atomic mass is 35.5. The van der Waals surface area contributed by atoms with Gasteiger partial charge in [-0.3, -0.25) is 5.10 Å². The summed E-state index contributed by atoms with van der Waals surface area (Å²) in [7, 11) is 0. The van der Waals surface area contributed by atoms with Gasteiger partial charge in [0.2, 0.25) is 11.7 Å². The van der Waals surface area contributed by atoms with Crippen LogP contribution in [0.15, 0.2) is 53.3 Å². The van der Waals surface area contributed by atoms with E-state index in [1.165, 1.54) is 0 Å². The zero-order chi connectivity index (χ0) is 19.7. The second kappa shape index (κ2) is 6.97. The van der Waals surface area contributed by atoms with Gasteiger partial charge in [-0.1, -0.05) is 16.8 Å². The third-order valence-electron chi connectivity index (χ3n) is 3.62. The van der Waals surface area contributed by atoms with Gasteiger partial charge >= 0.3 is 6.18 Å². The number of benzene rings is 1. The lowest BCUT2D eigenvalue weighted by Gasteiger charge is -2.10. The van der Waals surface area contributed by atoms with Crippen molar-refractivity contribution in [1.29, 1.82) is 0 Å². The Hall–Kier alpha value is -3.40. The number of hydrogen-bond donors (Lipinski definition) is 1. The van der Waals surface area contributed by atoms with E-state index < -0.39 is 11.7 Å². The summed E-state index contributed by atoms with van der Waals surface area (Å²) in [6, 6.07) is 8.93. The van der Waals surface area contributed by atoms with Crippen LogP contribution in [0.3, 0.4) is 0 Å². The predicted octanol–water partition coefficient (Wildman–Crippen LogP) is 4.99. The van der Waals surface area contributed by atoms with Crippen LogP contribution in [0.25, 0.3) is 23.0 Å². The second-order valence-corrected chi connectivity index (χ2v) is 5.94. The van der Waals surface area contributed by atoms with Crippen LogP contribution in [-0.4, -0.2) is 25.3 Å². The number of aromatic nitrogens is 5. The number of halogens is 4. The minimum Gasteiger partial charge on any atom is -0.438 e. The summed E-state index contributed by atoms with van der Waals surface area (Å²) >= 11 is 5.84. The molecule has 0 saturated carbocycles. The van der Waals surface area contributed by atoms with E-state index in [1.54, 1.807) is 36.5 Å². The van der Waals surface area contributed by atoms with Crippen LogP contribution in [0.1, 0.15) is 5.56 Å². The van der Waals surface area contributed by atoms with Crippen LogP contribution < -0.4 is 4.74 Å². The van der Waals surface area contributed by atoms with Crippen molar-refractivity contribution in [1.82, 2.24) is 25.3 Å². The van der Waals surface area contributed by atoms with Gasteiger partial charge in [0.25, 0.3) is 5.89 Å². The Balaban J connectivity index is 1.51. The minimum atomic E-state index is -4.53. The molecule has 28 heavy (non-hydrogen) atoms. The van der Waals surface area contributed by atoms with E-state index in [0.717, 1.165) is 6.07 Å². The van der Waals surface area contributed by atoms with Crippen molar-refractivity contribution in [3.05, 3.63) is 59.4 Å². The smallest absolute Gasteiger partial charge is 0.417 e. The molecule has 0 unspecified atom stereocenters. The summed E-state index contributed by atoms with van der Waals surface area (Å²) in [6.07, 6.45) is -2.31. The normalized spacial score (nSPS) is 11.6. The van der Waals surface area contributed by atoms with E-state index in [9.17, 15) is 13.2 Å². The van der Waals surface area contributed by atoms with Crippen molar-refractivity contribution < 1.29 is 22.4 Å². The first-order valence-corrected chi connectivity index (χ1v) is 8.12. The van der Waals surface area contributed by atoms with Crippen molar-refractivity contribution in [3.8, 4) is 34.6 Å². The monoisotopic (exact) mass is 407 g/mol. The highest BCUT2D eigenvalue weighted by molar-refractivity contribution is 6.31. The molecule has 142 valence electrons. The van der Waals surface area contributed by atoms with Crippen molar-refractivity contribution >= 4 is 11.6 Å². The van der Waals surface area contributed by atoms with E-state index in [0.29, 0.717) is 29.0 Å². The molecule has 0 saturated heterocycles. The highest BCUT2D eigenvalue weighted by Gasteiger charge is 2.31. The van der Waals surface area contributed by atoms with Gasteiger partial charge in [0, 0.05) is 18.0 Å². The van der Waals surface area contributed by atoms with Gasteiger partial charge in [-0.2, -0.15) is 23.3 Å². The number of nitrogens with zero attached hydrogens (tertiary/aromatic N) is 4. The van der Waals surface area contributed by atoms with Gasteiger partial charge in [-0.25, -0.2) is 4.98 Å². The van der Waals surface area contributed by atoms with Gasteiger partial charge in [-0.05, 0) is 36.4 Å². The molecule has 0 atom stereocenters. The van der Waals surface area contributed by atoms with Gasteiger partial charge in [0.1, 0.15) is 16.5 Å². The average molecular weight is 408 g/mol. The summed E-state index contributed by atoms with van der Waals surface area (Å²) in [4.78, 5) is 7.88. The number of alkyl halides is 3. The van der Waals surface area contributed by atoms with Crippen molar-refractivity contribution in [2.24, 2.45) is 0 Å². The number of H-pyrrole nitrogens is 1. The van der Waals surface area contributed by atoms with Gasteiger partial charge in [0.05, 0.1) is 5.56 Å². The van der Waals surface area contributed by atoms with E-state index >= 15 is 0 Å². The molecule has 0 fully saturated rings. The third-order valence-corrected chi connectivity index (χ3v) is 3.89. The number of hydrogen-bond acceptors (Lipinski definition) is 6.